The molecule has 1 heterocycles. The fourth-order valence-corrected chi connectivity index (χ4v) is 2.76. The molecule has 0 spiro atoms. The predicted octanol–water partition coefficient (Wildman–Crippen LogP) is 4.58. The van der Waals surface area contributed by atoms with Crippen molar-refractivity contribution in [1.82, 2.24) is 9.99 Å². The van der Waals surface area contributed by atoms with E-state index in [0.717, 1.165) is 29.8 Å². The number of nitrogens with zero attached hydrogens (tertiary/aromatic N) is 2. The Kier molecular flexibility index (Phi) is 5.64. The van der Waals surface area contributed by atoms with Crippen LogP contribution in [0.4, 0.5) is 0 Å². The maximum absolute atomic E-state index is 12.3. The quantitative estimate of drug-likeness (QED) is 0.516. The number of carbonyl (C=O) groups is 1. The molecule has 0 radical (unpaired) electrons. The monoisotopic (exact) mass is 345 g/mol. The van der Waals surface area contributed by atoms with E-state index in [9.17, 15) is 4.79 Å². The van der Waals surface area contributed by atoms with E-state index in [4.69, 9.17) is 0 Å². The average Bonchev–Trinajstić information content (AvgIpc) is 3.21. The fraction of sp³-hybridized carbons (Fsp3) is 0.182. The van der Waals surface area contributed by atoms with Crippen LogP contribution in [0.15, 0.2) is 78.2 Å². The first-order valence-electron chi connectivity index (χ1n) is 8.84. The van der Waals surface area contributed by atoms with Gasteiger partial charge in [0.1, 0.15) is 0 Å². The van der Waals surface area contributed by atoms with Gasteiger partial charge in [-0.15, -0.1) is 0 Å². The second-order valence-electron chi connectivity index (χ2n) is 6.22. The Morgan fingerprint density at radius 3 is 2.19 bits per heavy atom. The van der Waals surface area contributed by atoms with E-state index >= 15 is 0 Å². The molecule has 0 fully saturated rings. The van der Waals surface area contributed by atoms with Gasteiger partial charge in [-0.05, 0) is 60.9 Å². The summed E-state index contributed by atoms with van der Waals surface area (Å²) in [5, 5.41) is 4.23. The zero-order valence-corrected chi connectivity index (χ0v) is 15.1. The number of nitrogens with one attached hydrogen (secondary N) is 1. The average molecular weight is 345 g/mol. The lowest BCUT2D eigenvalue weighted by molar-refractivity contribution is 0.0955. The van der Waals surface area contributed by atoms with Gasteiger partial charge in [-0.3, -0.25) is 4.79 Å². The highest BCUT2D eigenvalue weighted by Gasteiger charge is 2.06. The molecule has 0 aliphatic rings. The number of rotatable bonds is 6. The predicted molar refractivity (Wildman–Crippen MR) is 106 cm³/mol. The van der Waals surface area contributed by atoms with Crippen LogP contribution in [0.2, 0.25) is 0 Å². The summed E-state index contributed by atoms with van der Waals surface area (Å²) in [5.41, 5.74) is 7.33. The molecule has 0 atom stereocenters. The van der Waals surface area contributed by atoms with Crippen LogP contribution < -0.4 is 5.43 Å². The summed E-state index contributed by atoms with van der Waals surface area (Å²) in [6.45, 7) is 4.06. The van der Waals surface area contributed by atoms with E-state index in [1.54, 1.807) is 12.1 Å². The lowest BCUT2D eigenvalue weighted by atomic mass is 10.1. The van der Waals surface area contributed by atoms with Crippen LogP contribution in [0.25, 0.3) is 5.69 Å². The van der Waals surface area contributed by atoms with E-state index in [1.165, 1.54) is 5.56 Å². The Labute approximate surface area is 154 Å². The molecule has 3 rings (SSSR count). The van der Waals surface area contributed by atoms with Gasteiger partial charge in [0.15, 0.2) is 0 Å². The van der Waals surface area contributed by atoms with Crippen molar-refractivity contribution >= 4 is 11.6 Å². The summed E-state index contributed by atoms with van der Waals surface area (Å²) >= 11 is 0. The van der Waals surface area contributed by atoms with E-state index in [1.807, 2.05) is 60.3 Å². The molecule has 4 nitrogen and oxygen atoms in total. The first-order valence-corrected chi connectivity index (χ1v) is 8.84. The SMILES string of the molecule is CCCc1ccc(/C(C)=N/NC(=O)c2ccc(-n3cccc3)cc2)cc1. The van der Waals surface area contributed by atoms with Gasteiger partial charge in [0.25, 0.3) is 5.91 Å². The van der Waals surface area contributed by atoms with Crippen LogP contribution in [-0.4, -0.2) is 16.2 Å². The third kappa shape index (κ3) is 4.28. The summed E-state index contributed by atoms with van der Waals surface area (Å²) in [6.07, 6.45) is 6.14. The molecule has 4 heteroatoms. The van der Waals surface area contributed by atoms with Gasteiger partial charge in [0, 0.05) is 23.6 Å². The van der Waals surface area contributed by atoms with Gasteiger partial charge in [-0.1, -0.05) is 37.6 Å². The Bertz CT molecular complexity index is 876. The van der Waals surface area contributed by atoms with E-state index in [-0.39, 0.29) is 5.91 Å². The topological polar surface area (TPSA) is 46.4 Å². The molecule has 2 aromatic carbocycles. The normalized spacial score (nSPS) is 11.4. The molecule has 1 N–H and O–H groups in total. The zero-order valence-electron chi connectivity index (χ0n) is 15.1. The summed E-state index contributed by atoms with van der Waals surface area (Å²) in [6, 6.07) is 19.7. The molecular weight excluding hydrogens is 322 g/mol. The van der Waals surface area contributed by atoms with E-state index in [2.05, 4.69) is 29.6 Å². The van der Waals surface area contributed by atoms with Crippen molar-refractivity contribution in [2.45, 2.75) is 26.7 Å². The van der Waals surface area contributed by atoms with Crippen LogP contribution in [0.5, 0.6) is 0 Å². The first-order chi connectivity index (χ1) is 12.7. The molecule has 0 saturated heterocycles. The highest BCUT2D eigenvalue weighted by Crippen LogP contribution is 2.11. The summed E-state index contributed by atoms with van der Waals surface area (Å²) < 4.78 is 1.99. The molecule has 0 saturated carbocycles. The van der Waals surface area contributed by atoms with Crippen LogP contribution in [-0.2, 0) is 6.42 Å². The maximum Gasteiger partial charge on any atom is 0.271 e. The highest BCUT2D eigenvalue weighted by molar-refractivity contribution is 6.00. The number of hydrazone groups is 1. The first kappa shape index (κ1) is 17.7. The summed E-state index contributed by atoms with van der Waals surface area (Å²) in [5.74, 6) is -0.217. The van der Waals surface area contributed by atoms with Gasteiger partial charge in [0.05, 0.1) is 5.71 Å². The number of carbonyl (C=O) groups excluding carboxylic acids is 1. The summed E-state index contributed by atoms with van der Waals surface area (Å²) in [7, 11) is 0. The lowest BCUT2D eigenvalue weighted by Gasteiger charge is -2.06. The van der Waals surface area contributed by atoms with E-state index < -0.39 is 0 Å². The van der Waals surface area contributed by atoms with E-state index in [0.29, 0.717) is 5.56 Å². The zero-order chi connectivity index (χ0) is 18.4. The highest BCUT2D eigenvalue weighted by atomic mass is 16.2. The second kappa shape index (κ2) is 8.30. The van der Waals surface area contributed by atoms with Gasteiger partial charge >= 0.3 is 0 Å². The van der Waals surface area contributed by atoms with Crippen molar-refractivity contribution in [3.8, 4) is 5.69 Å². The Hall–Kier alpha value is -3.14. The number of hydrogen-bond donors (Lipinski definition) is 1. The number of hydrogen-bond acceptors (Lipinski definition) is 2. The number of amides is 1. The second-order valence-corrected chi connectivity index (χ2v) is 6.22. The van der Waals surface area contributed by atoms with Crippen molar-refractivity contribution in [1.29, 1.82) is 0 Å². The Balaban J connectivity index is 1.64. The van der Waals surface area contributed by atoms with Crippen molar-refractivity contribution in [3.05, 3.63) is 89.7 Å². The molecule has 0 bridgehead atoms. The van der Waals surface area contributed by atoms with Crippen LogP contribution in [0.1, 0.15) is 41.8 Å². The maximum atomic E-state index is 12.3. The smallest absolute Gasteiger partial charge is 0.271 e. The lowest BCUT2D eigenvalue weighted by Crippen LogP contribution is -2.19. The van der Waals surface area contributed by atoms with Crippen molar-refractivity contribution < 1.29 is 4.79 Å². The Morgan fingerprint density at radius 2 is 1.58 bits per heavy atom. The van der Waals surface area contributed by atoms with Crippen LogP contribution in [0, 0.1) is 0 Å². The largest absolute Gasteiger partial charge is 0.324 e. The molecule has 1 amide bonds. The van der Waals surface area contributed by atoms with Crippen LogP contribution in [0.3, 0.4) is 0 Å². The van der Waals surface area contributed by atoms with Gasteiger partial charge in [-0.25, -0.2) is 5.43 Å². The number of aromatic nitrogens is 1. The third-order valence-corrected chi connectivity index (χ3v) is 4.27. The molecule has 3 aromatic rings. The van der Waals surface area contributed by atoms with Crippen molar-refractivity contribution in [2.24, 2.45) is 5.10 Å². The fourth-order valence-electron chi connectivity index (χ4n) is 2.76. The molecule has 132 valence electrons. The van der Waals surface area contributed by atoms with Crippen molar-refractivity contribution in [2.75, 3.05) is 0 Å². The standard InChI is InChI=1S/C22H23N3O/c1-3-6-18-7-9-19(10-8-18)17(2)23-24-22(26)20-11-13-21(14-12-20)25-15-4-5-16-25/h4-5,7-16H,3,6H2,1-2H3,(H,24,26)/b23-17+. The van der Waals surface area contributed by atoms with Gasteiger partial charge in [0.2, 0.25) is 0 Å². The summed E-state index contributed by atoms with van der Waals surface area (Å²) in [4.78, 5) is 12.3. The molecular formula is C22H23N3O. The van der Waals surface area contributed by atoms with Crippen molar-refractivity contribution in [3.63, 3.8) is 0 Å². The minimum atomic E-state index is -0.217. The molecule has 1 aromatic heterocycles. The van der Waals surface area contributed by atoms with Gasteiger partial charge in [-0.2, -0.15) is 5.10 Å². The minimum absolute atomic E-state index is 0.217. The van der Waals surface area contributed by atoms with Crippen LogP contribution >= 0.6 is 0 Å². The molecule has 0 unspecified atom stereocenters. The van der Waals surface area contributed by atoms with Gasteiger partial charge < -0.3 is 4.57 Å². The molecule has 26 heavy (non-hydrogen) atoms. The molecule has 0 aliphatic heterocycles. The Morgan fingerprint density at radius 1 is 0.962 bits per heavy atom. The molecule has 0 aliphatic carbocycles. The number of benzene rings is 2. The number of aryl methyl sites for hydroxylation is 1. The minimum Gasteiger partial charge on any atom is -0.324 e. The third-order valence-electron chi connectivity index (χ3n) is 4.27.